The van der Waals surface area contributed by atoms with Crippen LogP contribution in [0.5, 0.6) is 0 Å². The number of hydrogen-bond donors (Lipinski definition) is 1. The highest BCUT2D eigenvalue weighted by Gasteiger charge is 2.13. The summed E-state index contributed by atoms with van der Waals surface area (Å²) in [5.41, 5.74) is 0. The molecule has 0 aliphatic rings. The van der Waals surface area contributed by atoms with E-state index < -0.39 is 6.10 Å². The number of carbonyl (C=O) groups is 1. The Morgan fingerprint density at radius 3 is 3.17 bits per heavy atom. The van der Waals surface area contributed by atoms with E-state index in [1.54, 1.807) is 19.3 Å². The molecule has 1 unspecified atom stereocenters. The van der Waals surface area contributed by atoms with Crippen molar-refractivity contribution in [3.05, 3.63) is 24.8 Å². The summed E-state index contributed by atoms with van der Waals surface area (Å²) in [5, 5.41) is 10.5. The lowest BCUT2D eigenvalue weighted by molar-refractivity contribution is -0.131. The number of hydrogen-bond acceptors (Lipinski definition) is 4. The predicted octanol–water partition coefficient (Wildman–Crippen LogP) is 0.895. The van der Waals surface area contributed by atoms with Gasteiger partial charge in [0.2, 0.25) is 5.91 Å². The summed E-state index contributed by atoms with van der Waals surface area (Å²) >= 11 is 0. The van der Waals surface area contributed by atoms with Crippen LogP contribution in [0.15, 0.2) is 19.0 Å². The summed E-state index contributed by atoms with van der Waals surface area (Å²) in [6, 6.07) is 0. The number of aryl methyl sites for hydroxylation is 1. The number of rotatable bonds is 8. The minimum atomic E-state index is -0.469. The number of aromatic nitrogens is 3. The Morgan fingerprint density at radius 2 is 2.50 bits per heavy atom. The van der Waals surface area contributed by atoms with E-state index in [2.05, 4.69) is 22.1 Å². The van der Waals surface area contributed by atoms with Gasteiger partial charge in [-0.2, -0.15) is 0 Å². The number of amides is 1. The van der Waals surface area contributed by atoms with Crippen molar-refractivity contribution in [3.63, 3.8) is 0 Å². The van der Waals surface area contributed by atoms with Gasteiger partial charge in [0, 0.05) is 6.54 Å². The van der Waals surface area contributed by atoms with Crippen LogP contribution in [0.2, 0.25) is 0 Å². The van der Waals surface area contributed by atoms with Gasteiger partial charge in [0.15, 0.2) is 5.82 Å². The quantitative estimate of drug-likeness (QED) is 0.551. The third-order valence-corrected chi connectivity index (χ3v) is 2.52. The fraction of sp³-hybridized carbons (Fsp3) is 0.583. The molecule has 100 valence electrons. The molecule has 6 heteroatoms. The normalized spacial score (nSPS) is 12.1. The van der Waals surface area contributed by atoms with E-state index in [-0.39, 0.29) is 5.91 Å². The van der Waals surface area contributed by atoms with E-state index in [1.165, 1.54) is 0 Å². The average Bonchev–Trinajstić information content (AvgIpc) is 2.83. The van der Waals surface area contributed by atoms with Crippen molar-refractivity contribution < 1.29 is 9.53 Å². The molecule has 6 nitrogen and oxygen atoms in total. The van der Waals surface area contributed by atoms with Crippen molar-refractivity contribution in [2.75, 3.05) is 6.61 Å². The molecule has 0 fully saturated rings. The van der Waals surface area contributed by atoms with Gasteiger partial charge >= 0.3 is 0 Å². The molecule has 1 amide bonds. The number of nitrogens with one attached hydrogen (secondary N) is 1. The zero-order valence-corrected chi connectivity index (χ0v) is 10.9. The molecule has 0 bridgehead atoms. The fourth-order valence-corrected chi connectivity index (χ4v) is 1.39. The van der Waals surface area contributed by atoms with Crippen LogP contribution in [0.4, 0.5) is 0 Å². The third-order valence-electron chi connectivity index (χ3n) is 2.52. The first kappa shape index (κ1) is 14.4. The first-order chi connectivity index (χ1) is 8.69. The largest absolute Gasteiger partial charge is 0.368 e. The minimum absolute atomic E-state index is 0.148. The van der Waals surface area contributed by atoms with E-state index in [0.717, 1.165) is 18.8 Å². The summed E-state index contributed by atoms with van der Waals surface area (Å²) in [4.78, 5) is 11.7. The molecular weight excluding hydrogens is 232 g/mol. The summed E-state index contributed by atoms with van der Waals surface area (Å²) in [7, 11) is 0. The van der Waals surface area contributed by atoms with Gasteiger partial charge in [-0.15, -0.1) is 16.8 Å². The van der Waals surface area contributed by atoms with E-state index in [0.29, 0.717) is 13.2 Å². The van der Waals surface area contributed by atoms with Crippen molar-refractivity contribution >= 4 is 5.91 Å². The Morgan fingerprint density at radius 1 is 1.72 bits per heavy atom. The fourth-order valence-electron chi connectivity index (χ4n) is 1.39. The van der Waals surface area contributed by atoms with Crippen molar-refractivity contribution in [2.45, 2.75) is 39.5 Å². The van der Waals surface area contributed by atoms with E-state index in [4.69, 9.17) is 4.74 Å². The summed E-state index contributed by atoms with van der Waals surface area (Å²) in [6.07, 6.45) is 3.67. The van der Waals surface area contributed by atoms with Gasteiger partial charge in [-0.1, -0.05) is 6.08 Å². The molecule has 0 saturated heterocycles. The molecule has 0 spiro atoms. The van der Waals surface area contributed by atoms with Gasteiger partial charge in [-0.25, -0.2) is 0 Å². The molecular formula is C12H20N4O2. The van der Waals surface area contributed by atoms with Gasteiger partial charge in [0.05, 0.1) is 13.2 Å². The molecule has 18 heavy (non-hydrogen) atoms. The van der Waals surface area contributed by atoms with Crippen LogP contribution >= 0.6 is 0 Å². The van der Waals surface area contributed by atoms with Gasteiger partial charge < -0.3 is 14.6 Å². The zero-order valence-electron chi connectivity index (χ0n) is 10.9. The smallest absolute Gasteiger partial charge is 0.249 e. The molecule has 1 aromatic heterocycles. The SMILES string of the molecule is C=CCCOC(C)C(=O)NCc1nncn1CC. The number of ether oxygens (including phenoxy) is 1. The zero-order chi connectivity index (χ0) is 13.4. The monoisotopic (exact) mass is 252 g/mol. The van der Waals surface area contributed by atoms with Gasteiger partial charge in [-0.05, 0) is 20.3 Å². The highest BCUT2D eigenvalue weighted by molar-refractivity contribution is 5.80. The predicted molar refractivity (Wildman–Crippen MR) is 67.8 cm³/mol. The van der Waals surface area contributed by atoms with Crippen molar-refractivity contribution in [2.24, 2.45) is 0 Å². The Hall–Kier alpha value is -1.69. The molecule has 0 saturated carbocycles. The molecule has 0 radical (unpaired) electrons. The molecule has 1 aromatic rings. The maximum atomic E-state index is 11.7. The van der Waals surface area contributed by atoms with Crippen LogP contribution in [-0.2, 0) is 22.6 Å². The lowest BCUT2D eigenvalue weighted by atomic mass is 10.3. The van der Waals surface area contributed by atoms with Crippen molar-refractivity contribution in [1.82, 2.24) is 20.1 Å². The molecule has 0 aliphatic heterocycles. The van der Waals surface area contributed by atoms with Gasteiger partial charge in [-0.3, -0.25) is 4.79 Å². The molecule has 1 atom stereocenters. The molecule has 0 aromatic carbocycles. The van der Waals surface area contributed by atoms with E-state index in [9.17, 15) is 4.79 Å². The first-order valence-electron chi connectivity index (χ1n) is 6.06. The van der Waals surface area contributed by atoms with Crippen LogP contribution in [0.25, 0.3) is 0 Å². The maximum absolute atomic E-state index is 11.7. The first-order valence-corrected chi connectivity index (χ1v) is 6.06. The topological polar surface area (TPSA) is 69.0 Å². The minimum Gasteiger partial charge on any atom is -0.368 e. The second-order valence-electron chi connectivity index (χ2n) is 3.84. The van der Waals surface area contributed by atoms with Crippen LogP contribution in [0.3, 0.4) is 0 Å². The van der Waals surface area contributed by atoms with Crippen molar-refractivity contribution in [1.29, 1.82) is 0 Å². The van der Waals surface area contributed by atoms with Crippen LogP contribution in [0, 0.1) is 0 Å². The molecule has 1 heterocycles. The maximum Gasteiger partial charge on any atom is 0.249 e. The Labute approximate surface area is 107 Å². The molecule has 1 rings (SSSR count). The molecule has 1 N–H and O–H groups in total. The number of carbonyl (C=O) groups excluding carboxylic acids is 1. The van der Waals surface area contributed by atoms with E-state index in [1.807, 2.05) is 11.5 Å². The second kappa shape index (κ2) is 7.60. The van der Waals surface area contributed by atoms with Crippen LogP contribution in [0.1, 0.15) is 26.1 Å². The third kappa shape index (κ3) is 4.29. The van der Waals surface area contributed by atoms with E-state index >= 15 is 0 Å². The Balaban J connectivity index is 2.34. The summed E-state index contributed by atoms with van der Waals surface area (Å²) < 4.78 is 7.22. The highest BCUT2D eigenvalue weighted by Crippen LogP contribution is 1.97. The van der Waals surface area contributed by atoms with Crippen LogP contribution in [-0.4, -0.2) is 33.4 Å². The molecule has 0 aliphatic carbocycles. The van der Waals surface area contributed by atoms with Crippen LogP contribution < -0.4 is 5.32 Å². The van der Waals surface area contributed by atoms with Gasteiger partial charge in [0.25, 0.3) is 0 Å². The second-order valence-corrected chi connectivity index (χ2v) is 3.84. The standard InChI is InChI=1S/C12H20N4O2/c1-4-6-7-18-10(3)12(17)13-8-11-15-14-9-16(11)5-2/h4,9-10H,1,5-8H2,2-3H3,(H,13,17). The van der Waals surface area contributed by atoms with Crippen molar-refractivity contribution in [3.8, 4) is 0 Å². The lowest BCUT2D eigenvalue weighted by Crippen LogP contribution is -2.35. The number of nitrogens with zero attached hydrogens (tertiary/aromatic N) is 3. The lowest BCUT2D eigenvalue weighted by Gasteiger charge is -2.12. The van der Waals surface area contributed by atoms with Gasteiger partial charge in [0.1, 0.15) is 12.4 Å². The Kier molecular flexibility index (Phi) is 6.07. The Bertz CT molecular complexity index is 389. The average molecular weight is 252 g/mol. The summed E-state index contributed by atoms with van der Waals surface area (Å²) in [5.74, 6) is 0.592. The highest BCUT2D eigenvalue weighted by atomic mass is 16.5. The summed E-state index contributed by atoms with van der Waals surface area (Å²) in [6.45, 7) is 8.96.